The average Bonchev–Trinajstić information content (AvgIpc) is 2.65. The second-order valence-electron chi connectivity index (χ2n) is 5.29. The number of amides is 1. The van der Waals surface area contributed by atoms with Gasteiger partial charge in [0, 0.05) is 12.6 Å². The van der Waals surface area contributed by atoms with Gasteiger partial charge in [-0.2, -0.15) is 0 Å². The molecule has 1 aliphatic heterocycles. The second-order valence-corrected chi connectivity index (χ2v) is 5.29. The summed E-state index contributed by atoms with van der Waals surface area (Å²) < 4.78 is 0. The third kappa shape index (κ3) is 2.97. The molecule has 1 heterocycles. The zero-order valence-corrected chi connectivity index (χ0v) is 10.3. The summed E-state index contributed by atoms with van der Waals surface area (Å²) in [7, 11) is 0. The van der Waals surface area contributed by atoms with E-state index in [9.17, 15) is 4.79 Å². The Labute approximate surface area is 98.4 Å². The highest BCUT2D eigenvalue weighted by molar-refractivity contribution is 5.81. The third-order valence-electron chi connectivity index (χ3n) is 4.09. The van der Waals surface area contributed by atoms with Crippen molar-refractivity contribution in [2.24, 2.45) is 5.92 Å². The van der Waals surface area contributed by atoms with Crippen LogP contribution in [-0.2, 0) is 4.79 Å². The molecule has 2 rings (SSSR count). The van der Waals surface area contributed by atoms with Crippen LogP contribution in [0.5, 0.6) is 0 Å². The van der Waals surface area contributed by atoms with E-state index >= 15 is 0 Å². The Hall–Kier alpha value is -0.570. The SMILES string of the molecule is CCC1CCC(NC2CCCCNC2=O)C1. The molecule has 0 spiro atoms. The molecule has 3 atom stereocenters. The fourth-order valence-corrected chi connectivity index (χ4v) is 2.98. The first kappa shape index (κ1) is 11.9. The van der Waals surface area contributed by atoms with Crippen molar-refractivity contribution in [3.8, 4) is 0 Å². The monoisotopic (exact) mass is 224 g/mol. The van der Waals surface area contributed by atoms with E-state index < -0.39 is 0 Å². The molecule has 16 heavy (non-hydrogen) atoms. The van der Waals surface area contributed by atoms with E-state index in [1.807, 2.05) is 0 Å². The van der Waals surface area contributed by atoms with Crippen LogP contribution in [0.25, 0.3) is 0 Å². The second kappa shape index (κ2) is 5.67. The molecule has 3 nitrogen and oxygen atoms in total. The van der Waals surface area contributed by atoms with Crippen molar-refractivity contribution in [2.75, 3.05) is 6.54 Å². The van der Waals surface area contributed by atoms with Crippen molar-refractivity contribution in [3.05, 3.63) is 0 Å². The van der Waals surface area contributed by atoms with Gasteiger partial charge in [0.1, 0.15) is 0 Å². The molecule has 2 fully saturated rings. The van der Waals surface area contributed by atoms with E-state index in [0.29, 0.717) is 6.04 Å². The van der Waals surface area contributed by atoms with Crippen molar-refractivity contribution in [2.45, 2.75) is 64.0 Å². The first-order valence-corrected chi connectivity index (χ1v) is 6.83. The number of carbonyl (C=O) groups excluding carboxylic acids is 1. The summed E-state index contributed by atoms with van der Waals surface area (Å²) in [5.74, 6) is 1.10. The molecule has 1 amide bonds. The first-order chi connectivity index (χ1) is 7.79. The fourth-order valence-electron chi connectivity index (χ4n) is 2.98. The van der Waals surface area contributed by atoms with Gasteiger partial charge >= 0.3 is 0 Å². The lowest BCUT2D eigenvalue weighted by molar-refractivity contribution is -0.123. The molecule has 0 aromatic carbocycles. The van der Waals surface area contributed by atoms with Gasteiger partial charge in [-0.25, -0.2) is 0 Å². The topological polar surface area (TPSA) is 41.1 Å². The van der Waals surface area contributed by atoms with Crippen LogP contribution in [0.15, 0.2) is 0 Å². The Bertz CT molecular complexity index is 242. The number of hydrogen-bond donors (Lipinski definition) is 2. The zero-order chi connectivity index (χ0) is 11.4. The predicted molar refractivity (Wildman–Crippen MR) is 65.2 cm³/mol. The summed E-state index contributed by atoms with van der Waals surface area (Å²) in [5, 5.41) is 6.55. The van der Waals surface area contributed by atoms with Crippen molar-refractivity contribution < 1.29 is 4.79 Å². The molecule has 1 saturated carbocycles. The number of nitrogens with one attached hydrogen (secondary N) is 2. The van der Waals surface area contributed by atoms with Crippen LogP contribution < -0.4 is 10.6 Å². The fraction of sp³-hybridized carbons (Fsp3) is 0.923. The number of rotatable bonds is 3. The highest BCUT2D eigenvalue weighted by Gasteiger charge is 2.28. The Balaban J connectivity index is 1.81. The van der Waals surface area contributed by atoms with Crippen LogP contribution >= 0.6 is 0 Å². The highest BCUT2D eigenvalue weighted by Crippen LogP contribution is 2.28. The third-order valence-corrected chi connectivity index (χ3v) is 4.09. The summed E-state index contributed by atoms with van der Waals surface area (Å²) in [6, 6.07) is 0.655. The first-order valence-electron chi connectivity index (χ1n) is 6.83. The van der Waals surface area contributed by atoms with Crippen molar-refractivity contribution in [1.29, 1.82) is 0 Å². The van der Waals surface area contributed by atoms with E-state index in [2.05, 4.69) is 17.6 Å². The largest absolute Gasteiger partial charge is 0.355 e. The minimum Gasteiger partial charge on any atom is -0.355 e. The molecule has 1 saturated heterocycles. The zero-order valence-electron chi connectivity index (χ0n) is 10.3. The van der Waals surface area contributed by atoms with Gasteiger partial charge < -0.3 is 10.6 Å². The Morgan fingerprint density at radius 3 is 2.94 bits per heavy atom. The smallest absolute Gasteiger partial charge is 0.237 e. The van der Waals surface area contributed by atoms with E-state index in [0.717, 1.165) is 25.3 Å². The Morgan fingerprint density at radius 1 is 1.31 bits per heavy atom. The minimum absolute atomic E-state index is 0.0723. The highest BCUT2D eigenvalue weighted by atomic mass is 16.2. The van der Waals surface area contributed by atoms with Crippen LogP contribution in [0.1, 0.15) is 51.9 Å². The van der Waals surface area contributed by atoms with E-state index in [1.54, 1.807) is 0 Å². The summed E-state index contributed by atoms with van der Waals surface area (Å²) in [4.78, 5) is 11.8. The average molecular weight is 224 g/mol. The summed E-state index contributed by atoms with van der Waals surface area (Å²) >= 11 is 0. The maximum atomic E-state index is 11.8. The molecule has 3 heteroatoms. The van der Waals surface area contributed by atoms with E-state index in [4.69, 9.17) is 0 Å². The summed E-state index contributed by atoms with van der Waals surface area (Å²) in [5.41, 5.74) is 0. The summed E-state index contributed by atoms with van der Waals surface area (Å²) in [6.07, 6.45) is 8.45. The van der Waals surface area contributed by atoms with Gasteiger partial charge in [-0.3, -0.25) is 4.79 Å². The molecular formula is C13H24N2O. The van der Waals surface area contributed by atoms with Gasteiger partial charge in [0.05, 0.1) is 6.04 Å². The van der Waals surface area contributed by atoms with Crippen LogP contribution in [0, 0.1) is 5.92 Å². The molecule has 92 valence electrons. The number of carbonyl (C=O) groups is 1. The molecule has 0 aromatic rings. The standard InChI is InChI=1S/C13H24N2O/c1-2-10-6-7-11(9-10)15-12-5-3-4-8-14-13(12)16/h10-12,15H,2-9H2,1H3,(H,14,16). The lowest BCUT2D eigenvalue weighted by Gasteiger charge is -2.20. The maximum Gasteiger partial charge on any atom is 0.237 e. The molecule has 2 N–H and O–H groups in total. The summed E-state index contributed by atoms with van der Waals surface area (Å²) in [6.45, 7) is 3.13. The molecule has 3 unspecified atom stereocenters. The lowest BCUT2D eigenvalue weighted by atomic mass is 10.0. The molecule has 0 aromatic heterocycles. The van der Waals surface area contributed by atoms with Gasteiger partial charge in [-0.1, -0.05) is 13.3 Å². The van der Waals surface area contributed by atoms with Crippen LogP contribution in [-0.4, -0.2) is 24.5 Å². The normalized spacial score (nSPS) is 35.8. The maximum absolute atomic E-state index is 11.8. The Morgan fingerprint density at radius 2 is 2.19 bits per heavy atom. The van der Waals surface area contributed by atoms with Crippen LogP contribution in [0.3, 0.4) is 0 Å². The van der Waals surface area contributed by atoms with Gasteiger partial charge in [0.25, 0.3) is 0 Å². The number of hydrogen-bond acceptors (Lipinski definition) is 2. The van der Waals surface area contributed by atoms with Crippen LogP contribution in [0.4, 0.5) is 0 Å². The van der Waals surface area contributed by atoms with Crippen molar-refractivity contribution in [1.82, 2.24) is 10.6 Å². The predicted octanol–water partition coefficient (Wildman–Crippen LogP) is 1.82. The molecule has 0 bridgehead atoms. The molecule has 2 aliphatic rings. The van der Waals surface area contributed by atoms with Crippen LogP contribution in [0.2, 0.25) is 0 Å². The van der Waals surface area contributed by atoms with Gasteiger partial charge in [-0.05, 0) is 44.4 Å². The van der Waals surface area contributed by atoms with E-state index in [-0.39, 0.29) is 11.9 Å². The van der Waals surface area contributed by atoms with Gasteiger partial charge in [-0.15, -0.1) is 0 Å². The van der Waals surface area contributed by atoms with Gasteiger partial charge in [0.15, 0.2) is 0 Å². The van der Waals surface area contributed by atoms with E-state index in [1.165, 1.54) is 32.1 Å². The molecular weight excluding hydrogens is 200 g/mol. The minimum atomic E-state index is 0.0723. The Kier molecular flexibility index (Phi) is 4.22. The van der Waals surface area contributed by atoms with Gasteiger partial charge in [0.2, 0.25) is 5.91 Å². The van der Waals surface area contributed by atoms with Crippen molar-refractivity contribution >= 4 is 5.91 Å². The molecule has 1 aliphatic carbocycles. The molecule has 0 radical (unpaired) electrons. The quantitative estimate of drug-likeness (QED) is 0.768. The lowest BCUT2D eigenvalue weighted by Crippen LogP contribution is -2.46. The van der Waals surface area contributed by atoms with Crippen molar-refractivity contribution in [3.63, 3.8) is 0 Å².